The second-order valence-corrected chi connectivity index (χ2v) is 11.0. The van der Waals surface area contributed by atoms with E-state index in [4.69, 9.17) is 9.15 Å². The number of halogens is 3. The quantitative estimate of drug-likeness (QED) is 0.441. The molecule has 1 aromatic carbocycles. The van der Waals surface area contributed by atoms with E-state index in [-0.39, 0.29) is 17.1 Å². The topological polar surface area (TPSA) is 80.5 Å². The lowest BCUT2D eigenvalue weighted by molar-refractivity contribution is -0.153. The molecule has 1 N–H and O–H groups in total. The molecule has 7 nitrogen and oxygen atoms in total. The van der Waals surface area contributed by atoms with Gasteiger partial charge in [0.1, 0.15) is 5.52 Å². The first-order valence-electron chi connectivity index (χ1n) is 12.8. The van der Waals surface area contributed by atoms with Crippen molar-refractivity contribution >= 4 is 28.3 Å². The minimum Gasteiger partial charge on any atom is -0.460 e. The van der Waals surface area contributed by atoms with Gasteiger partial charge < -0.3 is 19.4 Å². The summed E-state index contributed by atoms with van der Waals surface area (Å²) in [5.41, 5.74) is 2.85. The average Bonchev–Trinajstić information content (AvgIpc) is 3.38. The molecule has 0 bridgehead atoms. The highest BCUT2D eigenvalue weighted by Gasteiger charge is 2.30. The molecule has 1 aliphatic heterocycles. The van der Waals surface area contributed by atoms with Crippen LogP contribution in [0.15, 0.2) is 22.6 Å². The van der Waals surface area contributed by atoms with Crippen LogP contribution in [0.4, 0.5) is 13.2 Å². The van der Waals surface area contributed by atoms with Gasteiger partial charge in [0.25, 0.3) is 11.1 Å². The molecular weight excluding hydrogens is 505 g/mol. The number of benzene rings is 1. The molecule has 3 heterocycles. The Labute approximate surface area is 217 Å². The van der Waals surface area contributed by atoms with Crippen molar-refractivity contribution in [3.63, 3.8) is 0 Å². The summed E-state index contributed by atoms with van der Waals surface area (Å²) < 4.78 is 47.6. The van der Waals surface area contributed by atoms with Gasteiger partial charge in [-0.25, -0.2) is 9.97 Å². The number of hydrogen-bond donors (Lipinski definition) is 1. The van der Waals surface area contributed by atoms with E-state index in [1.165, 1.54) is 11.3 Å². The van der Waals surface area contributed by atoms with Crippen molar-refractivity contribution in [1.29, 1.82) is 0 Å². The molecule has 2 aliphatic rings. The van der Waals surface area contributed by atoms with Crippen molar-refractivity contribution in [1.82, 2.24) is 20.2 Å². The third-order valence-corrected chi connectivity index (χ3v) is 8.30. The fourth-order valence-corrected chi connectivity index (χ4v) is 6.17. The molecule has 200 valence electrons. The Morgan fingerprint density at radius 1 is 1.19 bits per heavy atom. The van der Waals surface area contributed by atoms with Crippen LogP contribution in [0.2, 0.25) is 0 Å². The molecule has 1 saturated carbocycles. The molecule has 0 atom stereocenters. The maximum atomic E-state index is 12.7. The van der Waals surface area contributed by atoms with E-state index in [2.05, 4.69) is 20.2 Å². The van der Waals surface area contributed by atoms with Crippen molar-refractivity contribution in [3.05, 3.63) is 40.2 Å². The highest BCUT2D eigenvalue weighted by molar-refractivity contribution is 7.13. The number of fused-ring (bicyclic) bond motifs is 2. The minimum absolute atomic E-state index is 0.0722. The summed E-state index contributed by atoms with van der Waals surface area (Å²) in [6.07, 6.45) is 2.42. The summed E-state index contributed by atoms with van der Waals surface area (Å²) in [4.78, 5) is 24.8. The maximum absolute atomic E-state index is 12.7. The summed E-state index contributed by atoms with van der Waals surface area (Å²) in [7, 11) is 0. The van der Waals surface area contributed by atoms with Crippen molar-refractivity contribution in [2.45, 2.75) is 64.1 Å². The number of nitrogens with zero attached hydrogens (tertiary/aromatic N) is 3. The van der Waals surface area contributed by atoms with Crippen LogP contribution in [-0.4, -0.2) is 59.2 Å². The lowest BCUT2D eigenvalue weighted by atomic mass is 9.84. The number of hydrogen-bond acceptors (Lipinski definition) is 7. The van der Waals surface area contributed by atoms with Crippen molar-refractivity contribution in [3.8, 4) is 5.19 Å². The molecule has 3 aromatic rings. The van der Waals surface area contributed by atoms with Crippen LogP contribution in [0.1, 0.15) is 58.9 Å². The third kappa shape index (κ3) is 6.81. The lowest BCUT2D eigenvalue weighted by Crippen LogP contribution is -2.38. The van der Waals surface area contributed by atoms with E-state index in [0.717, 1.165) is 80.7 Å². The molecule has 37 heavy (non-hydrogen) atoms. The zero-order valence-corrected chi connectivity index (χ0v) is 21.6. The number of thiazole rings is 1. The first-order chi connectivity index (χ1) is 17.7. The van der Waals surface area contributed by atoms with Gasteiger partial charge in [-0.1, -0.05) is 11.3 Å². The van der Waals surface area contributed by atoms with Gasteiger partial charge in [0.15, 0.2) is 18.1 Å². The highest BCUT2D eigenvalue weighted by atomic mass is 32.1. The van der Waals surface area contributed by atoms with Crippen LogP contribution < -0.4 is 10.1 Å². The number of nitrogens with one attached hydrogen (secondary N) is 1. The fourth-order valence-electron chi connectivity index (χ4n) is 5.23. The van der Waals surface area contributed by atoms with Gasteiger partial charge in [-0.05, 0) is 69.2 Å². The SMILES string of the molecule is Cc1nc2ccc(C(=O)N[C@H]3CC[C@H](CCN4CCc5nc(OCC(F)(F)F)sc5CC4)CC3)cc2o1. The first kappa shape index (κ1) is 26.0. The Morgan fingerprint density at radius 3 is 2.76 bits per heavy atom. The monoisotopic (exact) mass is 536 g/mol. The standard InChI is InChI=1S/C26H31F3N4O3S/c1-16-30-20-7-4-18(14-22(20)36-16)24(34)31-19-5-2-17(3-6-19)8-11-33-12-9-21-23(10-13-33)37-25(32-21)35-15-26(27,28)29/h4,7,14,17,19H,2-3,5-6,8-13,15H2,1H3,(H,31,34)/t17-,19-. The molecule has 5 rings (SSSR count). The molecular formula is C26H31F3N4O3S. The number of oxazole rings is 1. The molecule has 2 aromatic heterocycles. The molecule has 1 aliphatic carbocycles. The third-order valence-electron chi connectivity index (χ3n) is 7.23. The van der Waals surface area contributed by atoms with Gasteiger partial charge in [-0.15, -0.1) is 0 Å². The second kappa shape index (κ2) is 11.0. The number of carbonyl (C=O) groups is 1. The lowest BCUT2D eigenvalue weighted by Gasteiger charge is -2.30. The molecule has 0 spiro atoms. The Balaban J connectivity index is 1.03. The molecule has 11 heteroatoms. The number of aromatic nitrogens is 2. The van der Waals surface area contributed by atoms with Crippen molar-refractivity contribution in [2.75, 3.05) is 26.2 Å². The van der Waals surface area contributed by atoms with Crippen LogP contribution in [-0.2, 0) is 12.8 Å². The molecule has 0 radical (unpaired) electrons. The van der Waals surface area contributed by atoms with Crippen LogP contribution in [0.3, 0.4) is 0 Å². The van der Waals surface area contributed by atoms with Crippen LogP contribution in [0.25, 0.3) is 11.1 Å². The van der Waals surface area contributed by atoms with Gasteiger partial charge in [0.05, 0.1) is 5.69 Å². The Kier molecular flexibility index (Phi) is 7.71. The number of aryl methyl sites for hydroxylation is 1. The van der Waals surface area contributed by atoms with E-state index in [9.17, 15) is 18.0 Å². The van der Waals surface area contributed by atoms with Gasteiger partial charge in [-0.2, -0.15) is 13.2 Å². The maximum Gasteiger partial charge on any atom is 0.422 e. The van der Waals surface area contributed by atoms with Crippen molar-refractivity contribution in [2.24, 2.45) is 5.92 Å². The van der Waals surface area contributed by atoms with E-state index < -0.39 is 12.8 Å². The summed E-state index contributed by atoms with van der Waals surface area (Å²) >= 11 is 1.24. The van der Waals surface area contributed by atoms with E-state index >= 15 is 0 Å². The van der Waals surface area contributed by atoms with Gasteiger partial charge in [-0.3, -0.25) is 4.79 Å². The van der Waals surface area contributed by atoms with Crippen LogP contribution in [0, 0.1) is 12.8 Å². The Morgan fingerprint density at radius 2 is 1.97 bits per heavy atom. The molecule has 1 amide bonds. The fraction of sp³-hybridized carbons (Fsp3) is 0.577. The number of carbonyl (C=O) groups excluding carboxylic acids is 1. The van der Waals surface area contributed by atoms with Gasteiger partial charge in [0, 0.05) is 42.9 Å². The summed E-state index contributed by atoms with van der Waals surface area (Å²) in [5, 5.41) is 3.30. The molecule has 0 unspecified atom stereocenters. The van der Waals surface area contributed by atoms with Crippen molar-refractivity contribution < 1.29 is 27.1 Å². The Hall–Kier alpha value is -2.66. The van der Waals surface area contributed by atoms with Gasteiger partial charge >= 0.3 is 6.18 Å². The number of amides is 1. The first-order valence-corrected chi connectivity index (χ1v) is 13.6. The van der Waals surface area contributed by atoms with E-state index in [1.807, 2.05) is 6.07 Å². The van der Waals surface area contributed by atoms with E-state index in [0.29, 0.717) is 23.0 Å². The smallest absolute Gasteiger partial charge is 0.422 e. The second-order valence-electron chi connectivity index (χ2n) is 9.99. The van der Waals surface area contributed by atoms with Gasteiger partial charge in [0.2, 0.25) is 0 Å². The van der Waals surface area contributed by atoms with Crippen LogP contribution in [0.5, 0.6) is 5.19 Å². The number of ether oxygens (including phenoxy) is 1. The number of rotatable bonds is 7. The van der Waals surface area contributed by atoms with Crippen LogP contribution >= 0.6 is 11.3 Å². The predicted molar refractivity (Wildman–Crippen MR) is 134 cm³/mol. The molecule has 0 saturated heterocycles. The average molecular weight is 537 g/mol. The molecule has 1 fully saturated rings. The summed E-state index contributed by atoms with van der Waals surface area (Å²) in [6, 6.07) is 5.54. The largest absolute Gasteiger partial charge is 0.460 e. The number of alkyl halides is 3. The summed E-state index contributed by atoms with van der Waals surface area (Å²) in [6.45, 7) is 3.24. The highest BCUT2D eigenvalue weighted by Crippen LogP contribution is 2.31. The zero-order chi connectivity index (χ0) is 26.0. The minimum atomic E-state index is -4.35. The normalized spacial score (nSPS) is 21.0. The predicted octanol–water partition coefficient (Wildman–Crippen LogP) is 5.31. The summed E-state index contributed by atoms with van der Waals surface area (Å²) in [5.74, 6) is 1.15. The zero-order valence-electron chi connectivity index (χ0n) is 20.8. The Bertz CT molecular complexity index is 1210. The van der Waals surface area contributed by atoms with E-state index in [1.54, 1.807) is 19.1 Å².